The van der Waals surface area contributed by atoms with Crippen LogP contribution in [0.15, 0.2) is 23.1 Å². The van der Waals surface area contributed by atoms with Gasteiger partial charge in [0.2, 0.25) is 0 Å². The lowest BCUT2D eigenvalue weighted by molar-refractivity contribution is 0.101. The van der Waals surface area contributed by atoms with E-state index in [9.17, 15) is 9.59 Å². The molecule has 12 heavy (non-hydrogen) atoms. The van der Waals surface area contributed by atoms with Crippen LogP contribution in [0.3, 0.4) is 0 Å². The molecule has 1 heterocycles. The molecular formula is C9H13NO2. The Kier molecular flexibility index (Phi) is 4.69. The van der Waals surface area contributed by atoms with E-state index >= 15 is 0 Å². The van der Waals surface area contributed by atoms with Gasteiger partial charge in [-0.05, 0) is 19.1 Å². The zero-order chi connectivity index (χ0) is 9.56. The average Bonchev–Trinajstić information content (AvgIpc) is 2.08. The lowest BCUT2D eigenvalue weighted by Gasteiger charge is -1.89. The summed E-state index contributed by atoms with van der Waals surface area (Å²) in [5.41, 5.74) is -0.113. The van der Waals surface area contributed by atoms with Crippen molar-refractivity contribution in [1.82, 2.24) is 4.98 Å². The van der Waals surface area contributed by atoms with Crippen molar-refractivity contribution in [2.45, 2.75) is 20.8 Å². The third-order valence-corrected chi connectivity index (χ3v) is 1.20. The number of rotatable bonds is 1. The molecule has 0 atom stereocenters. The number of carbonyl (C=O) groups excluding carboxylic acids is 1. The molecule has 0 aliphatic heterocycles. The first-order valence-corrected chi connectivity index (χ1v) is 3.90. The molecule has 1 rings (SSSR count). The summed E-state index contributed by atoms with van der Waals surface area (Å²) in [6, 6.07) is 3.12. The molecule has 3 nitrogen and oxygen atoms in total. The van der Waals surface area contributed by atoms with Crippen LogP contribution in [0.5, 0.6) is 0 Å². The first kappa shape index (κ1) is 10.6. The number of ketones is 1. The molecule has 3 heteroatoms. The SMILES string of the molecule is CC.CC(=O)c1ccc[nH]c1=O. The highest BCUT2D eigenvalue weighted by Crippen LogP contribution is 1.88. The molecule has 0 radical (unpaired) electrons. The van der Waals surface area contributed by atoms with Crippen molar-refractivity contribution in [1.29, 1.82) is 0 Å². The van der Waals surface area contributed by atoms with E-state index in [1.54, 1.807) is 6.07 Å². The number of pyridine rings is 1. The van der Waals surface area contributed by atoms with E-state index in [1.807, 2.05) is 13.8 Å². The van der Waals surface area contributed by atoms with Gasteiger partial charge in [-0.15, -0.1) is 0 Å². The maximum Gasteiger partial charge on any atom is 0.258 e. The second kappa shape index (κ2) is 5.29. The zero-order valence-electron chi connectivity index (χ0n) is 7.55. The van der Waals surface area contributed by atoms with Gasteiger partial charge in [-0.25, -0.2) is 0 Å². The fourth-order valence-corrected chi connectivity index (χ4v) is 0.699. The fourth-order valence-electron chi connectivity index (χ4n) is 0.699. The Morgan fingerprint density at radius 1 is 1.42 bits per heavy atom. The molecule has 0 fully saturated rings. The lowest BCUT2D eigenvalue weighted by atomic mass is 10.2. The van der Waals surface area contributed by atoms with E-state index < -0.39 is 0 Å². The highest BCUT2D eigenvalue weighted by molar-refractivity contribution is 5.93. The number of carbonyl (C=O) groups is 1. The normalized spacial score (nSPS) is 8.25. The molecule has 1 aromatic heterocycles. The standard InChI is InChI=1S/C7H7NO2.C2H6/c1-5(9)6-3-2-4-8-7(6)10;1-2/h2-4H,1H3,(H,8,10);1-2H3. The van der Waals surface area contributed by atoms with Crippen LogP contribution >= 0.6 is 0 Å². The molecular weight excluding hydrogens is 154 g/mol. The number of aromatic amines is 1. The summed E-state index contributed by atoms with van der Waals surface area (Å²) in [5.74, 6) is -0.207. The van der Waals surface area contributed by atoms with Gasteiger partial charge in [-0.3, -0.25) is 9.59 Å². The quantitative estimate of drug-likeness (QED) is 0.646. The van der Waals surface area contributed by atoms with Crippen molar-refractivity contribution >= 4 is 5.78 Å². The van der Waals surface area contributed by atoms with E-state index in [1.165, 1.54) is 19.2 Å². The van der Waals surface area contributed by atoms with Gasteiger partial charge in [0, 0.05) is 6.20 Å². The van der Waals surface area contributed by atoms with Crippen LogP contribution in [0.2, 0.25) is 0 Å². The zero-order valence-corrected chi connectivity index (χ0v) is 7.55. The van der Waals surface area contributed by atoms with Gasteiger partial charge in [0.25, 0.3) is 5.56 Å². The molecule has 0 saturated carbocycles. The molecule has 0 amide bonds. The number of hydrogen-bond acceptors (Lipinski definition) is 2. The lowest BCUT2D eigenvalue weighted by Crippen LogP contribution is -2.14. The molecule has 0 spiro atoms. The third-order valence-electron chi connectivity index (χ3n) is 1.20. The summed E-state index contributed by atoms with van der Waals surface area (Å²) in [5, 5.41) is 0. The van der Waals surface area contributed by atoms with E-state index in [2.05, 4.69) is 4.98 Å². The van der Waals surface area contributed by atoms with Crippen molar-refractivity contribution in [2.75, 3.05) is 0 Å². The molecule has 0 aliphatic rings. The second-order valence-corrected chi connectivity index (χ2v) is 1.97. The van der Waals surface area contributed by atoms with Gasteiger partial charge in [-0.2, -0.15) is 0 Å². The van der Waals surface area contributed by atoms with Gasteiger partial charge < -0.3 is 4.98 Å². The molecule has 0 saturated heterocycles. The number of H-pyrrole nitrogens is 1. The minimum absolute atomic E-state index is 0.207. The van der Waals surface area contributed by atoms with Gasteiger partial charge in [0.1, 0.15) is 0 Å². The molecule has 0 unspecified atom stereocenters. The number of Topliss-reactive ketones (excluding diaryl/α,β-unsaturated/α-hetero) is 1. The predicted molar refractivity (Wildman–Crippen MR) is 48.4 cm³/mol. The molecule has 0 aliphatic carbocycles. The van der Waals surface area contributed by atoms with Gasteiger partial charge in [0.05, 0.1) is 5.56 Å². The minimum atomic E-state index is -0.324. The maximum absolute atomic E-state index is 10.8. The highest BCUT2D eigenvalue weighted by atomic mass is 16.1. The molecule has 0 aromatic carbocycles. The van der Waals surface area contributed by atoms with Gasteiger partial charge in [0.15, 0.2) is 5.78 Å². The average molecular weight is 167 g/mol. The van der Waals surface area contributed by atoms with Crippen molar-refractivity contribution in [3.05, 3.63) is 34.2 Å². The van der Waals surface area contributed by atoms with E-state index in [0.717, 1.165) is 0 Å². The van der Waals surface area contributed by atoms with Crippen LogP contribution in [0, 0.1) is 0 Å². The molecule has 0 bridgehead atoms. The Morgan fingerprint density at radius 3 is 2.33 bits per heavy atom. The second-order valence-electron chi connectivity index (χ2n) is 1.97. The van der Waals surface area contributed by atoms with Crippen molar-refractivity contribution in [3.63, 3.8) is 0 Å². The van der Waals surface area contributed by atoms with E-state index in [4.69, 9.17) is 0 Å². The van der Waals surface area contributed by atoms with Gasteiger partial charge in [-0.1, -0.05) is 13.8 Å². The Bertz CT molecular complexity index is 301. The summed E-state index contributed by atoms with van der Waals surface area (Å²) >= 11 is 0. The summed E-state index contributed by atoms with van der Waals surface area (Å²) < 4.78 is 0. The van der Waals surface area contributed by atoms with Crippen molar-refractivity contribution in [3.8, 4) is 0 Å². The van der Waals surface area contributed by atoms with Crippen LogP contribution < -0.4 is 5.56 Å². The van der Waals surface area contributed by atoms with Crippen LogP contribution in [0.1, 0.15) is 31.1 Å². The Labute approximate surface area is 71.4 Å². The molecule has 1 N–H and O–H groups in total. The van der Waals surface area contributed by atoms with E-state index in [-0.39, 0.29) is 16.9 Å². The fraction of sp³-hybridized carbons (Fsp3) is 0.333. The van der Waals surface area contributed by atoms with Gasteiger partial charge >= 0.3 is 0 Å². The molecule has 66 valence electrons. The summed E-state index contributed by atoms with van der Waals surface area (Å²) in [6.45, 7) is 5.37. The number of nitrogens with one attached hydrogen (secondary N) is 1. The van der Waals surface area contributed by atoms with Crippen LogP contribution in [-0.4, -0.2) is 10.8 Å². The summed E-state index contributed by atoms with van der Waals surface area (Å²) in [6.07, 6.45) is 1.49. The van der Waals surface area contributed by atoms with E-state index in [0.29, 0.717) is 0 Å². The monoisotopic (exact) mass is 167 g/mol. The minimum Gasteiger partial charge on any atom is -0.328 e. The first-order chi connectivity index (χ1) is 5.72. The van der Waals surface area contributed by atoms with Crippen molar-refractivity contribution < 1.29 is 4.79 Å². The largest absolute Gasteiger partial charge is 0.328 e. The number of aromatic nitrogens is 1. The molecule has 1 aromatic rings. The highest BCUT2D eigenvalue weighted by Gasteiger charge is 2.00. The van der Waals surface area contributed by atoms with Crippen LogP contribution in [0.25, 0.3) is 0 Å². The Hall–Kier alpha value is -1.38. The Balaban J connectivity index is 0.000000561. The summed E-state index contributed by atoms with van der Waals surface area (Å²) in [4.78, 5) is 23.8. The Morgan fingerprint density at radius 2 is 2.00 bits per heavy atom. The summed E-state index contributed by atoms with van der Waals surface area (Å²) in [7, 11) is 0. The maximum atomic E-state index is 10.8. The third kappa shape index (κ3) is 2.70. The first-order valence-electron chi connectivity index (χ1n) is 3.90. The smallest absolute Gasteiger partial charge is 0.258 e. The predicted octanol–water partition coefficient (Wildman–Crippen LogP) is 1.60. The topological polar surface area (TPSA) is 49.9 Å². The van der Waals surface area contributed by atoms with Crippen LogP contribution in [0.4, 0.5) is 0 Å². The van der Waals surface area contributed by atoms with Crippen molar-refractivity contribution in [2.24, 2.45) is 0 Å². The van der Waals surface area contributed by atoms with Crippen LogP contribution in [-0.2, 0) is 0 Å². The number of hydrogen-bond donors (Lipinski definition) is 1.